The quantitative estimate of drug-likeness (QED) is 0.410. The lowest BCUT2D eigenvalue weighted by Crippen LogP contribution is -2.52. The van der Waals surface area contributed by atoms with Gasteiger partial charge in [-0.05, 0) is 6.42 Å². The molecule has 1 fully saturated rings. The SMILES string of the molecule is NC(=O)[C@@H](N)CC1CNC1=O. The van der Waals surface area contributed by atoms with Crippen molar-refractivity contribution in [2.24, 2.45) is 17.4 Å². The Hall–Kier alpha value is -1.10. The van der Waals surface area contributed by atoms with Gasteiger partial charge in [0.05, 0.1) is 12.0 Å². The van der Waals surface area contributed by atoms with Crippen molar-refractivity contribution in [1.29, 1.82) is 0 Å². The highest BCUT2D eigenvalue weighted by molar-refractivity contribution is 5.86. The predicted octanol–water partition coefficient (Wildman–Crippen LogP) is -2.06. The van der Waals surface area contributed by atoms with E-state index < -0.39 is 11.9 Å². The van der Waals surface area contributed by atoms with Gasteiger partial charge < -0.3 is 16.8 Å². The number of hydrogen-bond acceptors (Lipinski definition) is 3. The molecule has 0 spiro atoms. The first kappa shape index (κ1) is 8.00. The van der Waals surface area contributed by atoms with Crippen LogP contribution in [-0.4, -0.2) is 24.4 Å². The summed E-state index contributed by atoms with van der Waals surface area (Å²) in [6.07, 6.45) is 0.362. The molecule has 0 bridgehead atoms. The summed E-state index contributed by atoms with van der Waals surface area (Å²) < 4.78 is 0. The molecule has 5 nitrogen and oxygen atoms in total. The van der Waals surface area contributed by atoms with Gasteiger partial charge in [0.1, 0.15) is 0 Å². The van der Waals surface area contributed by atoms with Crippen LogP contribution in [0, 0.1) is 5.92 Å². The number of carbonyl (C=O) groups is 2. The molecule has 1 rings (SSSR count). The zero-order valence-electron chi connectivity index (χ0n) is 6.04. The van der Waals surface area contributed by atoms with Crippen LogP contribution >= 0.6 is 0 Å². The van der Waals surface area contributed by atoms with Crippen molar-refractivity contribution in [3.05, 3.63) is 0 Å². The number of amides is 2. The molecule has 62 valence electrons. The highest BCUT2D eigenvalue weighted by atomic mass is 16.2. The number of rotatable bonds is 3. The monoisotopic (exact) mass is 157 g/mol. The minimum Gasteiger partial charge on any atom is -0.368 e. The number of nitrogens with two attached hydrogens (primary N) is 2. The summed E-state index contributed by atoms with van der Waals surface area (Å²) in [7, 11) is 0. The Balaban J connectivity index is 2.30. The van der Waals surface area contributed by atoms with Crippen molar-refractivity contribution in [2.45, 2.75) is 12.5 Å². The third-order valence-corrected chi connectivity index (χ3v) is 1.80. The van der Waals surface area contributed by atoms with E-state index in [0.717, 1.165) is 0 Å². The Morgan fingerprint density at radius 3 is 2.73 bits per heavy atom. The van der Waals surface area contributed by atoms with Crippen molar-refractivity contribution in [3.8, 4) is 0 Å². The van der Waals surface area contributed by atoms with E-state index in [2.05, 4.69) is 5.32 Å². The molecular weight excluding hydrogens is 146 g/mol. The van der Waals surface area contributed by atoms with Gasteiger partial charge in [-0.25, -0.2) is 0 Å². The minimum absolute atomic E-state index is 0.0401. The van der Waals surface area contributed by atoms with E-state index in [-0.39, 0.29) is 11.8 Å². The summed E-state index contributed by atoms with van der Waals surface area (Å²) in [4.78, 5) is 21.1. The molecule has 0 aromatic rings. The lowest BCUT2D eigenvalue weighted by atomic mass is 9.94. The number of β-lactam (4-membered cyclic amide) rings is 1. The Morgan fingerprint density at radius 1 is 1.82 bits per heavy atom. The van der Waals surface area contributed by atoms with Crippen molar-refractivity contribution < 1.29 is 9.59 Å². The smallest absolute Gasteiger partial charge is 0.234 e. The van der Waals surface area contributed by atoms with E-state index in [1.165, 1.54) is 0 Å². The van der Waals surface area contributed by atoms with Crippen LogP contribution in [0.15, 0.2) is 0 Å². The molecule has 5 heteroatoms. The Bertz CT molecular complexity index is 184. The fourth-order valence-electron chi connectivity index (χ4n) is 0.943. The average Bonchev–Trinajstić information content (AvgIpc) is 1.96. The molecule has 1 saturated heterocycles. The second kappa shape index (κ2) is 2.87. The zero-order valence-corrected chi connectivity index (χ0v) is 6.04. The van der Waals surface area contributed by atoms with Crippen LogP contribution in [0.25, 0.3) is 0 Å². The third kappa shape index (κ3) is 1.68. The molecule has 5 N–H and O–H groups in total. The van der Waals surface area contributed by atoms with E-state index in [1.54, 1.807) is 0 Å². The van der Waals surface area contributed by atoms with E-state index in [0.29, 0.717) is 13.0 Å². The van der Waals surface area contributed by atoms with Crippen LogP contribution < -0.4 is 16.8 Å². The molecule has 1 heterocycles. The van der Waals surface area contributed by atoms with Gasteiger partial charge in [0.15, 0.2) is 0 Å². The number of hydrogen-bond donors (Lipinski definition) is 3. The van der Waals surface area contributed by atoms with Gasteiger partial charge in [-0.1, -0.05) is 0 Å². The highest BCUT2D eigenvalue weighted by Crippen LogP contribution is 2.11. The number of carbonyl (C=O) groups excluding carboxylic acids is 2. The fourth-order valence-corrected chi connectivity index (χ4v) is 0.943. The highest BCUT2D eigenvalue weighted by Gasteiger charge is 2.30. The van der Waals surface area contributed by atoms with Gasteiger partial charge in [-0.3, -0.25) is 9.59 Å². The van der Waals surface area contributed by atoms with Crippen LogP contribution in [0.4, 0.5) is 0 Å². The van der Waals surface area contributed by atoms with Crippen LogP contribution in [0.1, 0.15) is 6.42 Å². The maximum absolute atomic E-state index is 10.7. The second-order valence-corrected chi connectivity index (χ2v) is 2.69. The molecule has 1 aliphatic rings. The third-order valence-electron chi connectivity index (χ3n) is 1.80. The molecule has 1 unspecified atom stereocenters. The lowest BCUT2D eigenvalue weighted by molar-refractivity contribution is -0.132. The van der Waals surface area contributed by atoms with E-state index in [4.69, 9.17) is 11.5 Å². The van der Waals surface area contributed by atoms with Crippen molar-refractivity contribution in [3.63, 3.8) is 0 Å². The van der Waals surface area contributed by atoms with Crippen LogP contribution in [0.5, 0.6) is 0 Å². The van der Waals surface area contributed by atoms with Gasteiger partial charge in [-0.2, -0.15) is 0 Å². The van der Waals surface area contributed by atoms with Crippen molar-refractivity contribution >= 4 is 11.8 Å². The molecule has 0 aromatic heterocycles. The molecule has 0 aliphatic carbocycles. The molecule has 1 aliphatic heterocycles. The largest absolute Gasteiger partial charge is 0.368 e. The normalized spacial score (nSPS) is 25.2. The fraction of sp³-hybridized carbons (Fsp3) is 0.667. The van der Waals surface area contributed by atoms with E-state index in [9.17, 15) is 9.59 Å². The minimum atomic E-state index is -0.689. The van der Waals surface area contributed by atoms with Crippen LogP contribution in [0.2, 0.25) is 0 Å². The number of nitrogens with one attached hydrogen (secondary N) is 1. The van der Waals surface area contributed by atoms with E-state index in [1.807, 2.05) is 0 Å². The summed E-state index contributed by atoms with van der Waals surface area (Å²) in [5.74, 6) is -0.705. The lowest BCUT2D eigenvalue weighted by Gasteiger charge is -2.27. The summed E-state index contributed by atoms with van der Waals surface area (Å²) in [6.45, 7) is 0.611. The van der Waals surface area contributed by atoms with Gasteiger partial charge in [0.25, 0.3) is 0 Å². The molecule has 2 atom stereocenters. The Morgan fingerprint density at radius 2 is 2.45 bits per heavy atom. The van der Waals surface area contributed by atoms with Crippen LogP contribution in [-0.2, 0) is 9.59 Å². The molecule has 2 amide bonds. The van der Waals surface area contributed by atoms with E-state index >= 15 is 0 Å². The topological polar surface area (TPSA) is 98.2 Å². The zero-order chi connectivity index (χ0) is 8.43. The van der Waals surface area contributed by atoms with Gasteiger partial charge >= 0.3 is 0 Å². The molecular formula is C6H11N3O2. The Kier molecular flexibility index (Phi) is 2.09. The van der Waals surface area contributed by atoms with Gasteiger partial charge in [0.2, 0.25) is 11.8 Å². The first-order chi connectivity index (χ1) is 5.11. The summed E-state index contributed by atoms with van der Waals surface area (Å²) in [5.41, 5.74) is 10.2. The molecule has 0 radical (unpaired) electrons. The summed E-state index contributed by atoms with van der Waals surface area (Å²) in [6, 6.07) is -0.689. The van der Waals surface area contributed by atoms with Crippen molar-refractivity contribution in [2.75, 3.05) is 6.54 Å². The first-order valence-electron chi connectivity index (χ1n) is 3.44. The second-order valence-electron chi connectivity index (χ2n) is 2.69. The van der Waals surface area contributed by atoms with Gasteiger partial charge in [-0.15, -0.1) is 0 Å². The average molecular weight is 157 g/mol. The predicted molar refractivity (Wildman–Crippen MR) is 38.3 cm³/mol. The molecule has 0 aromatic carbocycles. The molecule has 0 saturated carbocycles. The van der Waals surface area contributed by atoms with Gasteiger partial charge in [0, 0.05) is 6.54 Å². The van der Waals surface area contributed by atoms with Crippen molar-refractivity contribution in [1.82, 2.24) is 5.32 Å². The summed E-state index contributed by atoms with van der Waals surface area (Å²) in [5, 5.41) is 2.56. The number of primary amides is 1. The molecule has 11 heavy (non-hydrogen) atoms. The maximum Gasteiger partial charge on any atom is 0.234 e. The standard InChI is InChI=1S/C6H11N3O2/c7-4(5(8)10)1-3-2-9-6(3)11/h3-4H,1-2,7H2,(H2,8,10)(H,9,11)/t3?,4-/m0/s1. The first-order valence-corrected chi connectivity index (χ1v) is 3.44. The summed E-state index contributed by atoms with van der Waals surface area (Å²) >= 11 is 0. The maximum atomic E-state index is 10.7. The Labute approximate surface area is 64.1 Å². The van der Waals surface area contributed by atoms with Crippen LogP contribution in [0.3, 0.4) is 0 Å².